The first-order chi connectivity index (χ1) is 19.8. The Morgan fingerprint density at radius 3 is 2.51 bits per heavy atom. The lowest BCUT2D eigenvalue weighted by atomic mass is 9.86. The highest BCUT2D eigenvalue weighted by atomic mass is 35.5. The van der Waals surface area contributed by atoms with E-state index in [1.807, 2.05) is 50.2 Å². The molecular formula is C30H25ClN8O2. The Balaban J connectivity index is 1.34. The van der Waals surface area contributed by atoms with Gasteiger partial charge in [0.2, 0.25) is 0 Å². The average Bonchev–Trinajstić information content (AvgIpc) is 2.97. The molecule has 3 aliphatic heterocycles. The summed E-state index contributed by atoms with van der Waals surface area (Å²) in [7, 11) is 0. The van der Waals surface area contributed by atoms with Crippen LogP contribution in [0.25, 0.3) is 11.0 Å². The van der Waals surface area contributed by atoms with Crippen molar-refractivity contribution in [2.75, 3.05) is 28.2 Å². The van der Waals surface area contributed by atoms with E-state index in [0.717, 1.165) is 23.2 Å². The van der Waals surface area contributed by atoms with E-state index < -0.39 is 12.0 Å². The van der Waals surface area contributed by atoms with Crippen LogP contribution in [0, 0.1) is 29.6 Å². The maximum absolute atomic E-state index is 11.8. The number of rotatable bonds is 6. The molecule has 2 unspecified atom stereocenters. The fourth-order valence-electron chi connectivity index (χ4n) is 5.89. The number of hydrogen-bond donors (Lipinski definition) is 2. The summed E-state index contributed by atoms with van der Waals surface area (Å²) in [5.74, 6) is -0.645. The Morgan fingerprint density at radius 2 is 1.85 bits per heavy atom. The number of carboxylic acids is 1. The molecule has 4 aromatic rings. The summed E-state index contributed by atoms with van der Waals surface area (Å²) in [5, 5.41) is 32.2. The number of halogens is 1. The van der Waals surface area contributed by atoms with Crippen LogP contribution in [-0.4, -0.2) is 51.2 Å². The average molecular weight is 565 g/mol. The van der Waals surface area contributed by atoms with Gasteiger partial charge in [-0.25, -0.2) is 19.7 Å². The predicted octanol–water partition coefficient (Wildman–Crippen LogP) is 5.07. The van der Waals surface area contributed by atoms with E-state index in [0.29, 0.717) is 35.5 Å². The number of carbonyl (C=O) groups is 1. The molecule has 2 bridgehead atoms. The predicted molar refractivity (Wildman–Crippen MR) is 155 cm³/mol. The van der Waals surface area contributed by atoms with E-state index in [2.05, 4.69) is 32.2 Å². The summed E-state index contributed by atoms with van der Waals surface area (Å²) in [6.07, 6.45) is 2.40. The maximum Gasteiger partial charge on any atom is 0.356 e. The number of nitrogens with zero attached hydrogens (tertiary/aromatic N) is 7. The Kier molecular flexibility index (Phi) is 6.56. The molecule has 0 spiro atoms. The summed E-state index contributed by atoms with van der Waals surface area (Å²) in [5.41, 5.74) is 4.99. The molecule has 3 fully saturated rings. The second-order valence-corrected chi connectivity index (χ2v) is 10.8. The minimum absolute atomic E-state index is 0.167. The van der Waals surface area contributed by atoms with Crippen molar-refractivity contribution < 1.29 is 9.90 Å². The molecule has 2 aromatic heterocycles. The number of nitrogens with one attached hydrogen (secondary N) is 1. The van der Waals surface area contributed by atoms with Crippen molar-refractivity contribution in [2.24, 2.45) is 0 Å². The molecule has 3 atom stereocenters. The van der Waals surface area contributed by atoms with Gasteiger partial charge in [0.05, 0.1) is 39.4 Å². The Labute approximate surface area is 241 Å². The third-order valence-corrected chi connectivity index (χ3v) is 8.06. The Hall–Kier alpha value is -4.93. The molecule has 2 N–H and O–H groups in total. The molecule has 3 saturated heterocycles. The van der Waals surface area contributed by atoms with Gasteiger partial charge in [-0.2, -0.15) is 10.5 Å². The quantitative estimate of drug-likeness (QED) is 0.326. The van der Waals surface area contributed by atoms with Gasteiger partial charge in [-0.3, -0.25) is 0 Å². The molecule has 0 radical (unpaired) electrons. The summed E-state index contributed by atoms with van der Waals surface area (Å²) in [4.78, 5) is 30.0. The van der Waals surface area contributed by atoms with Crippen molar-refractivity contribution in [3.63, 3.8) is 0 Å². The molecule has 5 heterocycles. The summed E-state index contributed by atoms with van der Waals surface area (Å²) in [6, 6.07) is 17.6. The number of aryl methyl sites for hydroxylation is 1. The fourth-order valence-corrected chi connectivity index (χ4v) is 6.09. The van der Waals surface area contributed by atoms with Crippen LogP contribution in [-0.2, 0) is 0 Å². The normalized spacial score (nSPS) is 18.3. The molecule has 0 aliphatic carbocycles. The zero-order chi connectivity index (χ0) is 28.8. The number of pyridine rings is 1. The van der Waals surface area contributed by atoms with Crippen LogP contribution in [0.5, 0.6) is 0 Å². The number of hydrogen-bond acceptors (Lipinski definition) is 9. The monoisotopic (exact) mass is 564 g/mol. The van der Waals surface area contributed by atoms with Gasteiger partial charge in [0.15, 0.2) is 17.2 Å². The SMILES string of the molecule is Cc1cc([C@@H](C)Nc2c(Cl)ccnc2C(=O)O)c2nc(N3CC4CC(C3)N4c3ccc(C#N)cc3)c(C#N)nc2c1. The lowest BCUT2D eigenvalue weighted by Gasteiger charge is -2.57. The number of piperidine rings is 1. The molecule has 10 nitrogen and oxygen atoms in total. The van der Waals surface area contributed by atoms with E-state index in [1.165, 1.54) is 12.3 Å². The van der Waals surface area contributed by atoms with Crippen molar-refractivity contribution in [3.8, 4) is 12.1 Å². The van der Waals surface area contributed by atoms with Crippen LogP contribution in [0.3, 0.4) is 0 Å². The lowest BCUT2D eigenvalue weighted by Crippen LogP contribution is -2.69. The molecule has 3 aliphatic rings. The number of aromatic carboxylic acids is 1. The molecule has 2 aromatic carbocycles. The van der Waals surface area contributed by atoms with E-state index in [-0.39, 0.29) is 34.2 Å². The first-order valence-corrected chi connectivity index (χ1v) is 13.5. The van der Waals surface area contributed by atoms with Gasteiger partial charge in [-0.1, -0.05) is 17.7 Å². The summed E-state index contributed by atoms with van der Waals surface area (Å²) in [6.45, 7) is 5.21. The van der Waals surface area contributed by atoms with Crippen LogP contribution in [0.1, 0.15) is 52.3 Å². The molecule has 204 valence electrons. The number of fused-ring (bicyclic) bond motifs is 3. The molecular weight excluding hydrogens is 540 g/mol. The molecule has 0 saturated carbocycles. The van der Waals surface area contributed by atoms with Crippen LogP contribution >= 0.6 is 11.6 Å². The van der Waals surface area contributed by atoms with Crippen molar-refractivity contribution in [1.82, 2.24) is 15.0 Å². The zero-order valence-electron chi connectivity index (χ0n) is 22.3. The van der Waals surface area contributed by atoms with E-state index in [9.17, 15) is 15.2 Å². The standard InChI is InChI=1S/C30H25ClN8O2/c1-16-9-22(17(2)35-27-23(31)7-8-34-28(27)30(40)41)26-24(10-16)36-25(13-33)29(37-26)38-14-20-11-21(15-38)39(20)19-5-3-18(12-32)4-6-19/h3-10,17,20-21,35H,11,14-15H2,1-2H3,(H,40,41)/t17-,20?,21?/m1/s1. The van der Waals surface area contributed by atoms with Gasteiger partial charge >= 0.3 is 5.97 Å². The van der Waals surface area contributed by atoms with Crippen molar-refractivity contribution >= 4 is 45.8 Å². The number of carboxylic acid groups (broad SMARTS) is 1. The van der Waals surface area contributed by atoms with Gasteiger partial charge in [0, 0.05) is 42.6 Å². The van der Waals surface area contributed by atoms with Crippen LogP contribution in [0.15, 0.2) is 48.7 Å². The Morgan fingerprint density at radius 1 is 1.12 bits per heavy atom. The topological polar surface area (TPSA) is 142 Å². The number of piperazine rings is 1. The first kappa shape index (κ1) is 26.3. The zero-order valence-corrected chi connectivity index (χ0v) is 23.1. The summed E-state index contributed by atoms with van der Waals surface area (Å²) < 4.78 is 0. The smallest absolute Gasteiger partial charge is 0.356 e. The first-order valence-electron chi connectivity index (χ1n) is 13.2. The minimum atomic E-state index is -1.18. The lowest BCUT2D eigenvalue weighted by molar-refractivity contribution is 0.0691. The highest BCUT2D eigenvalue weighted by Crippen LogP contribution is 2.39. The number of aromatic nitrogens is 3. The van der Waals surface area contributed by atoms with Gasteiger partial charge in [-0.15, -0.1) is 0 Å². The van der Waals surface area contributed by atoms with Crippen LogP contribution < -0.4 is 15.1 Å². The van der Waals surface area contributed by atoms with Crippen LogP contribution in [0.4, 0.5) is 17.2 Å². The van der Waals surface area contributed by atoms with Crippen LogP contribution in [0.2, 0.25) is 5.02 Å². The van der Waals surface area contributed by atoms with E-state index in [4.69, 9.17) is 26.8 Å². The highest BCUT2D eigenvalue weighted by molar-refractivity contribution is 6.33. The minimum Gasteiger partial charge on any atom is -0.476 e. The maximum atomic E-state index is 11.8. The third kappa shape index (κ3) is 4.62. The van der Waals surface area contributed by atoms with Gasteiger partial charge < -0.3 is 20.2 Å². The summed E-state index contributed by atoms with van der Waals surface area (Å²) >= 11 is 6.36. The van der Waals surface area contributed by atoms with Gasteiger partial charge in [-0.05, 0) is 62.2 Å². The fraction of sp³-hybridized carbons (Fsp3) is 0.267. The third-order valence-electron chi connectivity index (χ3n) is 7.75. The van der Waals surface area contributed by atoms with E-state index in [1.54, 1.807) is 0 Å². The van der Waals surface area contributed by atoms with E-state index >= 15 is 0 Å². The largest absolute Gasteiger partial charge is 0.476 e. The number of anilines is 3. The number of benzene rings is 2. The highest BCUT2D eigenvalue weighted by Gasteiger charge is 2.45. The second kappa shape index (κ2) is 10.2. The molecule has 0 amide bonds. The van der Waals surface area contributed by atoms with Crippen molar-refractivity contribution in [1.29, 1.82) is 10.5 Å². The van der Waals surface area contributed by atoms with Crippen molar-refractivity contribution in [3.05, 3.63) is 81.8 Å². The van der Waals surface area contributed by atoms with Crippen molar-refractivity contribution in [2.45, 2.75) is 38.4 Å². The second-order valence-electron chi connectivity index (χ2n) is 10.4. The van der Waals surface area contributed by atoms with Gasteiger partial charge in [0.1, 0.15) is 6.07 Å². The molecule has 41 heavy (non-hydrogen) atoms. The number of nitriles is 2. The van der Waals surface area contributed by atoms with Gasteiger partial charge in [0.25, 0.3) is 0 Å². The molecule has 11 heteroatoms. The molecule has 7 rings (SSSR count). The Bertz CT molecular complexity index is 1770.